The lowest BCUT2D eigenvalue weighted by Gasteiger charge is -2.39. The summed E-state index contributed by atoms with van der Waals surface area (Å²) >= 11 is 0. The normalized spacial score (nSPS) is 46.1. The summed E-state index contributed by atoms with van der Waals surface area (Å²) < 4.78 is 16.3. The fourth-order valence-corrected chi connectivity index (χ4v) is 2.35. The van der Waals surface area contributed by atoms with Crippen molar-refractivity contribution in [1.82, 2.24) is 0 Å². The predicted molar refractivity (Wildman–Crippen MR) is 60.6 cm³/mol. The van der Waals surface area contributed by atoms with E-state index in [2.05, 4.69) is 0 Å². The zero-order valence-electron chi connectivity index (χ0n) is 10.6. The predicted octanol–water partition coefficient (Wildman–Crippen LogP) is -0.0462. The Balaban J connectivity index is 1.90. The first-order chi connectivity index (χ1) is 8.47. The monoisotopic (exact) mass is 260 g/mol. The summed E-state index contributed by atoms with van der Waals surface area (Å²) in [5, 5.41) is 19.2. The molecule has 2 rings (SSSR count). The Bertz CT molecular complexity index is 295. The van der Waals surface area contributed by atoms with E-state index in [0.29, 0.717) is 12.8 Å². The Hall–Kier alpha value is -0.530. The van der Waals surface area contributed by atoms with Crippen LogP contribution in [-0.2, 0) is 19.0 Å². The number of ketones is 1. The molecule has 104 valence electrons. The van der Waals surface area contributed by atoms with Crippen molar-refractivity contribution in [3.05, 3.63) is 0 Å². The van der Waals surface area contributed by atoms with E-state index in [9.17, 15) is 15.0 Å². The molecule has 2 aliphatic rings. The zero-order valence-corrected chi connectivity index (χ0v) is 10.6. The van der Waals surface area contributed by atoms with Crippen molar-refractivity contribution < 1.29 is 29.2 Å². The van der Waals surface area contributed by atoms with E-state index < -0.39 is 37.0 Å². The summed E-state index contributed by atoms with van der Waals surface area (Å²) in [6.45, 7) is 3.42. The molecule has 0 aromatic heterocycles. The lowest BCUT2D eigenvalue weighted by molar-refractivity contribution is -0.284. The smallest absolute Gasteiger partial charge is 0.161 e. The molecule has 2 heterocycles. The number of carbonyl (C=O) groups is 1. The van der Waals surface area contributed by atoms with Crippen molar-refractivity contribution in [3.8, 4) is 0 Å². The second kappa shape index (κ2) is 5.63. The Morgan fingerprint density at radius 2 is 2.00 bits per heavy atom. The van der Waals surface area contributed by atoms with Crippen LogP contribution < -0.4 is 0 Å². The lowest BCUT2D eigenvalue weighted by atomic mass is 10.0. The highest BCUT2D eigenvalue weighted by atomic mass is 16.7. The standard InChI is InChI=1S/C12H20O6/c1-6-8(13)3-4-11(17-6)18-12-7(2)16-10(15)5-9(12)14/h6-7,9-12,14-15H,3-5H2,1-2H3. The maximum absolute atomic E-state index is 11.3. The average Bonchev–Trinajstić information content (AvgIpc) is 2.28. The van der Waals surface area contributed by atoms with Gasteiger partial charge >= 0.3 is 0 Å². The Kier molecular flexibility index (Phi) is 4.34. The van der Waals surface area contributed by atoms with Crippen LogP contribution in [0.5, 0.6) is 0 Å². The molecular formula is C12H20O6. The molecule has 2 aliphatic heterocycles. The van der Waals surface area contributed by atoms with E-state index in [1.54, 1.807) is 13.8 Å². The van der Waals surface area contributed by atoms with Gasteiger partial charge in [-0.3, -0.25) is 4.79 Å². The summed E-state index contributed by atoms with van der Waals surface area (Å²) in [5.41, 5.74) is 0. The minimum Gasteiger partial charge on any atom is -0.390 e. The molecule has 0 aromatic carbocycles. The molecule has 0 aliphatic carbocycles. The number of rotatable bonds is 2. The fraction of sp³-hybridized carbons (Fsp3) is 0.917. The zero-order chi connectivity index (χ0) is 13.3. The van der Waals surface area contributed by atoms with Crippen molar-refractivity contribution >= 4 is 5.78 Å². The van der Waals surface area contributed by atoms with Gasteiger partial charge in [-0.15, -0.1) is 0 Å². The number of carbonyl (C=O) groups excluding carboxylic acids is 1. The molecule has 6 nitrogen and oxygen atoms in total. The topological polar surface area (TPSA) is 85.2 Å². The fourth-order valence-electron chi connectivity index (χ4n) is 2.35. The van der Waals surface area contributed by atoms with E-state index >= 15 is 0 Å². The van der Waals surface area contributed by atoms with Gasteiger partial charge in [0.2, 0.25) is 0 Å². The first kappa shape index (κ1) is 13.9. The van der Waals surface area contributed by atoms with Crippen molar-refractivity contribution in [2.45, 2.75) is 70.1 Å². The van der Waals surface area contributed by atoms with Crippen molar-refractivity contribution in [3.63, 3.8) is 0 Å². The third-order valence-electron chi connectivity index (χ3n) is 3.40. The molecule has 0 radical (unpaired) electrons. The Morgan fingerprint density at radius 3 is 2.61 bits per heavy atom. The highest BCUT2D eigenvalue weighted by Gasteiger charge is 2.38. The van der Waals surface area contributed by atoms with Gasteiger partial charge in [-0.1, -0.05) is 0 Å². The Morgan fingerprint density at radius 1 is 1.28 bits per heavy atom. The van der Waals surface area contributed by atoms with Gasteiger partial charge in [0.1, 0.15) is 12.2 Å². The summed E-state index contributed by atoms with van der Waals surface area (Å²) in [6.07, 6.45) is -2.64. The van der Waals surface area contributed by atoms with Crippen LogP contribution in [-0.4, -0.2) is 53.0 Å². The van der Waals surface area contributed by atoms with Crippen molar-refractivity contribution in [1.29, 1.82) is 0 Å². The third kappa shape index (κ3) is 3.07. The minimum atomic E-state index is -0.956. The molecule has 0 amide bonds. The quantitative estimate of drug-likeness (QED) is 0.724. The number of aliphatic hydroxyl groups excluding tert-OH is 2. The maximum Gasteiger partial charge on any atom is 0.161 e. The molecule has 2 N–H and O–H groups in total. The summed E-state index contributed by atoms with van der Waals surface area (Å²) in [6, 6.07) is 0. The first-order valence-electron chi connectivity index (χ1n) is 6.32. The molecule has 0 saturated carbocycles. The number of ether oxygens (including phenoxy) is 3. The number of hydrogen-bond donors (Lipinski definition) is 2. The molecule has 6 unspecified atom stereocenters. The second-order valence-corrected chi connectivity index (χ2v) is 4.91. The van der Waals surface area contributed by atoms with Crippen LogP contribution in [0.1, 0.15) is 33.1 Å². The highest BCUT2D eigenvalue weighted by Crippen LogP contribution is 2.26. The van der Waals surface area contributed by atoms with Gasteiger partial charge in [0.25, 0.3) is 0 Å². The summed E-state index contributed by atoms with van der Waals surface area (Å²) in [5.74, 6) is 0.0683. The molecule has 6 heteroatoms. The van der Waals surface area contributed by atoms with Crippen LogP contribution in [0.25, 0.3) is 0 Å². The molecule has 18 heavy (non-hydrogen) atoms. The Labute approximate surface area is 106 Å². The van der Waals surface area contributed by atoms with Crippen LogP contribution >= 0.6 is 0 Å². The van der Waals surface area contributed by atoms with Gasteiger partial charge in [0.15, 0.2) is 18.4 Å². The molecule has 0 spiro atoms. The van der Waals surface area contributed by atoms with Crippen LogP contribution in [0.3, 0.4) is 0 Å². The molecule has 2 fully saturated rings. The van der Waals surface area contributed by atoms with Crippen molar-refractivity contribution in [2.24, 2.45) is 0 Å². The van der Waals surface area contributed by atoms with Gasteiger partial charge < -0.3 is 24.4 Å². The third-order valence-corrected chi connectivity index (χ3v) is 3.40. The van der Waals surface area contributed by atoms with E-state index in [1.165, 1.54) is 0 Å². The van der Waals surface area contributed by atoms with E-state index in [4.69, 9.17) is 14.2 Å². The van der Waals surface area contributed by atoms with E-state index in [-0.39, 0.29) is 12.2 Å². The van der Waals surface area contributed by atoms with Gasteiger partial charge in [0, 0.05) is 19.3 Å². The maximum atomic E-state index is 11.3. The van der Waals surface area contributed by atoms with Gasteiger partial charge in [0.05, 0.1) is 12.2 Å². The average molecular weight is 260 g/mol. The first-order valence-corrected chi connectivity index (χ1v) is 6.32. The van der Waals surface area contributed by atoms with Crippen LogP contribution in [0.4, 0.5) is 0 Å². The number of Topliss-reactive ketones (excluding diaryl/α,β-unsaturated/α-hetero) is 1. The molecule has 2 saturated heterocycles. The summed E-state index contributed by atoms with van der Waals surface area (Å²) in [7, 11) is 0. The largest absolute Gasteiger partial charge is 0.390 e. The van der Waals surface area contributed by atoms with Gasteiger partial charge in [-0.05, 0) is 13.8 Å². The van der Waals surface area contributed by atoms with Crippen LogP contribution in [0.15, 0.2) is 0 Å². The minimum absolute atomic E-state index is 0.0683. The van der Waals surface area contributed by atoms with E-state index in [0.717, 1.165) is 0 Å². The summed E-state index contributed by atoms with van der Waals surface area (Å²) in [4.78, 5) is 11.3. The van der Waals surface area contributed by atoms with Gasteiger partial charge in [-0.25, -0.2) is 0 Å². The molecule has 6 atom stereocenters. The molecular weight excluding hydrogens is 240 g/mol. The van der Waals surface area contributed by atoms with Gasteiger partial charge in [-0.2, -0.15) is 0 Å². The molecule has 0 bridgehead atoms. The lowest BCUT2D eigenvalue weighted by Crippen LogP contribution is -2.51. The number of aliphatic hydroxyl groups is 2. The highest BCUT2D eigenvalue weighted by molar-refractivity contribution is 5.83. The number of hydrogen-bond acceptors (Lipinski definition) is 6. The van der Waals surface area contributed by atoms with Crippen LogP contribution in [0, 0.1) is 0 Å². The van der Waals surface area contributed by atoms with E-state index in [1.807, 2.05) is 0 Å². The van der Waals surface area contributed by atoms with Crippen molar-refractivity contribution in [2.75, 3.05) is 0 Å². The SMILES string of the molecule is CC1OC(OC2C(O)CC(O)OC2C)CCC1=O. The second-order valence-electron chi connectivity index (χ2n) is 4.91. The van der Waals surface area contributed by atoms with Crippen LogP contribution in [0.2, 0.25) is 0 Å². The molecule has 0 aromatic rings.